The van der Waals surface area contributed by atoms with Crippen molar-refractivity contribution in [1.82, 2.24) is 29.9 Å². The first kappa shape index (κ1) is 22.1. The molecule has 4 aromatic rings. The van der Waals surface area contributed by atoms with Crippen LogP contribution in [-0.4, -0.2) is 43.8 Å². The third-order valence-corrected chi connectivity index (χ3v) is 5.78. The van der Waals surface area contributed by atoms with Gasteiger partial charge in [-0.25, -0.2) is 4.98 Å². The normalized spacial score (nSPS) is 16.0. The number of para-hydroxylation sites is 1. The molecule has 1 aromatic carbocycles. The van der Waals surface area contributed by atoms with Crippen LogP contribution >= 0.6 is 0 Å². The third-order valence-electron chi connectivity index (χ3n) is 5.78. The fourth-order valence-corrected chi connectivity index (χ4v) is 3.96. The summed E-state index contributed by atoms with van der Waals surface area (Å²) in [7, 11) is 0. The highest BCUT2D eigenvalue weighted by atomic mass is 16.5. The number of rotatable bonds is 8. The van der Waals surface area contributed by atoms with E-state index in [0.717, 1.165) is 48.5 Å². The second-order valence-corrected chi connectivity index (χ2v) is 8.64. The van der Waals surface area contributed by atoms with Crippen LogP contribution in [0.25, 0.3) is 5.65 Å². The standard InChI is InChI=1S/C25H29N7O2/c1-17(2)20-16-29-32-23(20)30-25(33-19-9-7-12-26-15-19)31-24(32)28-14-18-8-3-4-10-21(18)34-22-11-5-6-13-27-22/h3-6,8,10-11,13,16-17,19,26H,7,9,12,14-15H2,1-2H3,(H,28,30,31)/t19-/m1/s1. The molecule has 0 unspecified atom stereocenters. The van der Waals surface area contributed by atoms with Gasteiger partial charge < -0.3 is 20.1 Å². The van der Waals surface area contributed by atoms with Crippen LogP contribution in [0, 0.1) is 0 Å². The van der Waals surface area contributed by atoms with Crippen LogP contribution in [0.15, 0.2) is 54.9 Å². The molecule has 1 aliphatic rings. The van der Waals surface area contributed by atoms with Crippen LogP contribution < -0.4 is 20.1 Å². The number of anilines is 1. The van der Waals surface area contributed by atoms with Gasteiger partial charge in [0.25, 0.3) is 0 Å². The Labute approximate surface area is 198 Å². The summed E-state index contributed by atoms with van der Waals surface area (Å²) >= 11 is 0. The molecule has 0 spiro atoms. The first-order valence-corrected chi connectivity index (χ1v) is 11.7. The fourth-order valence-electron chi connectivity index (χ4n) is 3.96. The zero-order valence-electron chi connectivity index (χ0n) is 19.4. The van der Waals surface area contributed by atoms with Gasteiger partial charge in [0.15, 0.2) is 5.65 Å². The summed E-state index contributed by atoms with van der Waals surface area (Å²) in [6.45, 7) is 6.56. The highest BCUT2D eigenvalue weighted by Gasteiger charge is 2.20. The van der Waals surface area contributed by atoms with Crippen molar-refractivity contribution in [2.24, 2.45) is 0 Å². The maximum Gasteiger partial charge on any atom is 0.322 e. The van der Waals surface area contributed by atoms with Crippen molar-refractivity contribution in [3.63, 3.8) is 0 Å². The van der Waals surface area contributed by atoms with E-state index < -0.39 is 0 Å². The van der Waals surface area contributed by atoms with Crippen molar-refractivity contribution in [1.29, 1.82) is 0 Å². The summed E-state index contributed by atoms with van der Waals surface area (Å²) in [5.74, 6) is 2.12. The molecular weight excluding hydrogens is 430 g/mol. The predicted octanol–water partition coefficient (Wildman–Crippen LogP) is 4.18. The summed E-state index contributed by atoms with van der Waals surface area (Å²) in [6.07, 6.45) is 5.68. The van der Waals surface area contributed by atoms with Crippen molar-refractivity contribution in [2.45, 2.75) is 45.3 Å². The minimum absolute atomic E-state index is 0.0574. The molecule has 1 atom stereocenters. The molecule has 1 aliphatic heterocycles. The van der Waals surface area contributed by atoms with E-state index >= 15 is 0 Å². The number of piperidine rings is 1. The quantitative estimate of drug-likeness (QED) is 0.405. The van der Waals surface area contributed by atoms with Crippen molar-refractivity contribution in [3.8, 4) is 17.6 Å². The van der Waals surface area contributed by atoms with Crippen LogP contribution in [-0.2, 0) is 6.54 Å². The average Bonchev–Trinajstić information content (AvgIpc) is 3.29. The molecule has 9 heteroatoms. The summed E-state index contributed by atoms with van der Waals surface area (Å²) in [5, 5.41) is 11.3. The number of fused-ring (bicyclic) bond motifs is 1. The first-order valence-electron chi connectivity index (χ1n) is 11.7. The van der Waals surface area contributed by atoms with Gasteiger partial charge in [0.05, 0.1) is 6.20 Å². The molecule has 0 saturated carbocycles. The molecule has 0 aliphatic carbocycles. The molecular formula is C25H29N7O2. The van der Waals surface area contributed by atoms with Gasteiger partial charge in [-0.1, -0.05) is 38.1 Å². The molecule has 0 radical (unpaired) electrons. The Morgan fingerprint density at radius 2 is 2.03 bits per heavy atom. The number of hydrogen-bond donors (Lipinski definition) is 2. The number of ether oxygens (including phenoxy) is 2. The van der Waals surface area contributed by atoms with E-state index in [-0.39, 0.29) is 12.0 Å². The molecule has 3 aromatic heterocycles. The fraction of sp³-hybridized carbons (Fsp3) is 0.360. The lowest BCUT2D eigenvalue weighted by Gasteiger charge is -2.23. The van der Waals surface area contributed by atoms with E-state index in [2.05, 4.69) is 39.5 Å². The van der Waals surface area contributed by atoms with Crippen molar-refractivity contribution < 1.29 is 9.47 Å². The van der Waals surface area contributed by atoms with Gasteiger partial charge in [-0.3, -0.25) is 0 Å². The van der Waals surface area contributed by atoms with E-state index in [1.807, 2.05) is 48.7 Å². The summed E-state index contributed by atoms with van der Waals surface area (Å²) < 4.78 is 13.9. The Kier molecular flexibility index (Phi) is 6.53. The van der Waals surface area contributed by atoms with Crippen LogP contribution in [0.2, 0.25) is 0 Å². The van der Waals surface area contributed by atoms with E-state index in [1.54, 1.807) is 10.7 Å². The molecule has 0 bridgehead atoms. The van der Waals surface area contributed by atoms with Gasteiger partial charge in [-0.15, -0.1) is 0 Å². The SMILES string of the molecule is CC(C)c1cnn2c(NCc3ccccc3Oc3ccccn3)nc(O[C@@H]3CCCNC3)nc12. The van der Waals surface area contributed by atoms with Gasteiger partial charge >= 0.3 is 6.01 Å². The van der Waals surface area contributed by atoms with Crippen LogP contribution in [0.3, 0.4) is 0 Å². The summed E-state index contributed by atoms with van der Waals surface area (Å²) in [4.78, 5) is 13.6. The first-order chi connectivity index (χ1) is 16.7. The van der Waals surface area contributed by atoms with Crippen LogP contribution in [0.1, 0.15) is 43.7 Å². The molecule has 1 fully saturated rings. The predicted molar refractivity (Wildman–Crippen MR) is 129 cm³/mol. The molecule has 4 heterocycles. The lowest BCUT2D eigenvalue weighted by atomic mass is 10.1. The lowest BCUT2D eigenvalue weighted by Crippen LogP contribution is -2.37. The molecule has 9 nitrogen and oxygen atoms in total. The summed E-state index contributed by atoms with van der Waals surface area (Å²) in [5.41, 5.74) is 2.77. The van der Waals surface area contributed by atoms with Crippen molar-refractivity contribution in [2.75, 3.05) is 18.4 Å². The number of hydrogen-bond acceptors (Lipinski definition) is 8. The molecule has 2 N–H and O–H groups in total. The van der Waals surface area contributed by atoms with Gasteiger partial charge in [0.1, 0.15) is 11.9 Å². The highest BCUT2D eigenvalue weighted by molar-refractivity contribution is 5.53. The molecule has 1 saturated heterocycles. The number of pyridine rings is 1. The Morgan fingerprint density at radius 3 is 2.82 bits per heavy atom. The van der Waals surface area contributed by atoms with E-state index in [0.29, 0.717) is 24.4 Å². The Morgan fingerprint density at radius 1 is 1.15 bits per heavy atom. The van der Waals surface area contributed by atoms with E-state index in [9.17, 15) is 0 Å². The van der Waals surface area contributed by atoms with E-state index in [4.69, 9.17) is 14.5 Å². The van der Waals surface area contributed by atoms with Gasteiger partial charge in [-0.2, -0.15) is 19.6 Å². The molecule has 5 rings (SSSR count). The van der Waals surface area contributed by atoms with Crippen molar-refractivity contribution >= 4 is 11.6 Å². The molecule has 0 amide bonds. The number of nitrogens with one attached hydrogen (secondary N) is 2. The van der Waals surface area contributed by atoms with Gasteiger partial charge in [0, 0.05) is 36.5 Å². The monoisotopic (exact) mass is 459 g/mol. The molecule has 34 heavy (non-hydrogen) atoms. The summed E-state index contributed by atoms with van der Waals surface area (Å²) in [6, 6.07) is 13.8. The Balaban J connectivity index is 1.42. The smallest absolute Gasteiger partial charge is 0.322 e. The third kappa shape index (κ3) is 4.94. The second-order valence-electron chi connectivity index (χ2n) is 8.64. The van der Waals surface area contributed by atoms with Crippen LogP contribution in [0.5, 0.6) is 17.6 Å². The largest absolute Gasteiger partial charge is 0.459 e. The maximum atomic E-state index is 6.16. The Hall–Kier alpha value is -3.72. The Bertz CT molecular complexity index is 1240. The number of aromatic nitrogens is 5. The van der Waals surface area contributed by atoms with E-state index in [1.165, 1.54) is 0 Å². The minimum atomic E-state index is 0.0574. The maximum absolute atomic E-state index is 6.16. The highest BCUT2D eigenvalue weighted by Crippen LogP contribution is 2.26. The number of nitrogens with zero attached hydrogens (tertiary/aromatic N) is 5. The topological polar surface area (TPSA) is 98.5 Å². The minimum Gasteiger partial charge on any atom is -0.459 e. The zero-order valence-corrected chi connectivity index (χ0v) is 19.4. The average molecular weight is 460 g/mol. The number of benzene rings is 1. The second kappa shape index (κ2) is 10.0. The lowest BCUT2D eigenvalue weighted by molar-refractivity contribution is 0.153. The zero-order chi connectivity index (χ0) is 23.3. The van der Waals surface area contributed by atoms with Gasteiger partial charge in [-0.05, 0) is 37.4 Å². The van der Waals surface area contributed by atoms with Gasteiger partial charge in [0.2, 0.25) is 11.8 Å². The van der Waals surface area contributed by atoms with Crippen molar-refractivity contribution in [3.05, 3.63) is 66.0 Å². The van der Waals surface area contributed by atoms with Crippen LogP contribution in [0.4, 0.5) is 5.95 Å². The molecule has 176 valence electrons.